The molecule has 3 heterocycles. The van der Waals surface area contributed by atoms with Crippen LogP contribution in [0.1, 0.15) is 68.6 Å². The molecule has 0 saturated carbocycles. The summed E-state index contributed by atoms with van der Waals surface area (Å²) in [5.41, 5.74) is 5.04. The molecule has 5 rings (SSSR count). The minimum Gasteiger partial charge on any atom is -0.380 e. The Labute approximate surface area is 308 Å². The first kappa shape index (κ1) is 38.6. The molecule has 0 aliphatic rings. The number of rotatable bonds is 19. The van der Waals surface area contributed by atoms with Crippen LogP contribution in [0.2, 0.25) is 5.02 Å². The molecule has 0 spiro atoms. The highest BCUT2D eigenvalue weighted by Gasteiger charge is 2.32. The average molecular weight is 731 g/mol. The van der Waals surface area contributed by atoms with Crippen LogP contribution in [-0.2, 0) is 21.3 Å². The molecule has 0 saturated heterocycles. The SMILES string of the molecule is CCOC[C@H](CC(C)C)N(CCCN(C)CC[C@@H](c1ccc(Cl)cc1)c1ccccn1)S(=O)(=O)c1ccc(Cn2c(C)nc3cnccc32)cc1. The molecule has 51 heavy (non-hydrogen) atoms. The number of nitrogens with zero attached hydrogens (tertiary/aromatic N) is 6. The van der Waals surface area contributed by atoms with E-state index in [4.69, 9.17) is 16.3 Å². The van der Waals surface area contributed by atoms with Crippen LogP contribution in [0, 0.1) is 12.8 Å². The molecular formula is C40H51ClN6O3S. The van der Waals surface area contributed by atoms with Crippen molar-refractivity contribution in [3.63, 3.8) is 0 Å². The van der Waals surface area contributed by atoms with Gasteiger partial charge in [-0.25, -0.2) is 13.4 Å². The summed E-state index contributed by atoms with van der Waals surface area (Å²) in [7, 11) is -1.71. The standard InChI is InChI=1S/C40H51ClN6O3S/c1-6-50-29-35(26-30(2)3)47(24-9-23-45(5)25-20-37(38-10-7-8-21-43-38)33-13-15-34(41)16-14-33)51(48,49)36-17-11-32(12-18-36)28-46-31(4)44-39-27-42-22-19-40(39)46/h7-8,10-19,21-22,27,30,35,37H,6,9,20,23-26,28-29H2,1-5H3/t35-,37-/m0/s1. The highest BCUT2D eigenvalue weighted by atomic mass is 35.5. The molecule has 0 N–H and O–H groups in total. The van der Waals surface area contributed by atoms with Crippen LogP contribution in [0.25, 0.3) is 11.0 Å². The Morgan fingerprint density at radius 3 is 2.39 bits per heavy atom. The maximum Gasteiger partial charge on any atom is 0.243 e. The van der Waals surface area contributed by atoms with Crippen molar-refractivity contribution in [1.29, 1.82) is 0 Å². The predicted molar refractivity (Wildman–Crippen MR) is 206 cm³/mol. The number of hydrogen-bond acceptors (Lipinski definition) is 7. The lowest BCUT2D eigenvalue weighted by atomic mass is 9.92. The van der Waals surface area contributed by atoms with E-state index in [1.807, 2.05) is 62.5 Å². The predicted octanol–water partition coefficient (Wildman–Crippen LogP) is 7.82. The summed E-state index contributed by atoms with van der Waals surface area (Å²) in [6.07, 6.45) is 7.62. The first-order valence-electron chi connectivity index (χ1n) is 17.9. The lowest BCUT2D eigenvalue weighted by Gasteiger charge is -2.32. The minimum atomic E-state index is -3.81. The van der Waals surface area contributed by atoms with E-state index in [-0.39, 0.29) is 12.0 Å². The number of aryl methyl sites for hydroxylation is 1. The fourth-order valence-electron chi connectivity index (χ4n) is 6.67. The van der Waals surface area contributed by atoms with Gasteiger partial charge in [-0.3, -0.25) is 9.97 Å². The topological polar surface area (TPSA) is 93.5 Å². The maximum absolute atomic E-state index is 14.4. The van der Waals surface area contributed by atoms with Crippen molar-refractivity contribution in [1.82, 2.24) is 28.7 Å². The fraction of sp³-hybridized carbons (Fsp3) is 0.425. The van der Waals surface area contributed by atoms with Crippen LogP contribution in [0.5, 0.6) is 0 Å². The number of hydrogen-bond donors (Lipinski definition) is 0. The van der Waals surface area contributed by atoms with Crippen molar-refractivity contribution in [2.45, 2.75) is 70.4 Å². The van der Waals surface area contributed by atoms with Crippen molar-refractivity contribution in [2.24, 2.45) is 5.92 Å². The van der Waals surface area contributed by atoms with Gasteiger partial charge in [-0.15, -0.1) is 0 Å². The molecule has 2 atom stereocenters. The number of ether oxygens (including phenoxy) is 1. The second-order valence-electron chi connectivity index (χ2n) is 13.6. The van der Waals surface area contributed by atoms with Gasteiger partial charge >= 0.3 is 0 Å². The summed E-state index contributed by atoms with van der Waals surface area (Å²) in [5, 5.41) is 0.711. The molecule has 5 aromatic rings. The van der Waals surface area contributed by atoms with E-state index in [2.05, 4.69) is 63.5 Å². The van der Waals surface area contributed by atoms with Gasteiger partial charge in [0.25, 0.3) is 0 Å². The summed E-state index contributed by atoms with van der Waals surface area (Å²) in [5.74, 6) is 1.31. The third-order valence-electron chi connectivity index (χ3n) is 9.31. The van der Waals surface area contributed by atoms with Crippen LogP contribution in [0.4, 0.5) is 0 Å². The van der Waals surface area contributed by atoms with Crippen molar-refractivity contribution >= 4 is 32.7 Å². The Balaban J connectivity index is 1.29. The molecule has 0 radical (unpaired) electrons. The zero-order chi connectivity index (χ0) is 36.4. The molecule has 272 valence electrons. The van der Waals surface area contributed by atoms with Gasteiger partial charge in [0.1, 0.15) is 11.3 Å². The van der Waals surface area contributed by atoms with Gasteiger partial charge in [0, 0.05) is 54.8 Å². The molecule has 0 bridgehead atoms. The van der Waals surface area contributed by atoms with E-state index in [0.29, 0.717) is 55.0 Å². The Morgan fingerprint density at radius 1 is 0.941 bits per heavy atom. The van der Waals surface area contributed by atoms with Gasteiger partial charge in [0.05, 0.1) is 23.2 Å². The van der Waals surface area contributed by atoms with Crippen molar-refractivity contribution in [3.05, 3.63) is 119 Å². The number of pyridine rings is 2. The monoisotopic (exact) mass is 730 g/mol. The summed E-state index contributed by atoms with van der Waals surface area (Å²) < 4.78 is 38.5. The molecular weight excluding hydrogens is 680 g/mol. The normalized spacial score (nSPS) is 13.4. The molecule has 0 amide bonds. The zero-order valence-corrected chi connectivity index (χ0v) is 32.0. The minimum absolute atomic E-state index is 0.126. The van der Waals surface area contributed by atoms with Crippen molar-refractivity contribution in [2.75, 3.05) is 39.9 Å². The molecule has 0 unspecified atom stereocenters. The molecule has 3 aromatic heterocycles. The molecule has 11 heteroatoms. The van der Waals surface area contributed by atoms with E-state index in [1.54, 1.807) is 28.8 Å². The number of fused-ring (bicyclic) bond motifs is 1. The van der Waals surface area contributed by atoms with Crippen molar-refractivity contribution < 1.29 is 13.2 Å². The second kappa shape index (κ2) is 18.2. The van der Waals surface area contributed by atoms with E-state index in [0.717, 1.165) is 47.6 Å². The van der Waals surface area contributed by atoms with Crippen LogP contribution in [0.15, 0.2) is 96.3 Å². The fourth-order valence-corrected chi connectivity index (χ4v) is 8.46. The smallest absolute Gasteiger partial charge is 0.243 e. The van der Waals surface area contributed by atoms with Crippen LogP contribution in [-0.4, -0.2) is 83.1 Å². The maximum atomic E-state index is 14.4. The second-order valence-corrected chi connectivity index (χ2v) is 15.9. The van der Waals surface area contributed by atoms with E-state index in [9.17, 15) is 8.42 Å². The lowest BCUT2D eigenvalue weighted by molar-refractivity contribution is 0.0874. The Morgan fingerprint density at radius 2 is 1.71 bits per heavy atom. The number of benzene rings is 2. The van der Waals surface area contributed by atoms with Crippen LogP contribution >= 0.6 is 11.6 Å². The molecule has 2 aromatic carbocycles. The molecule has 0 aliphatic carbocycles. The first-order chi connectivity index (χ1) is 24.6. The molecule has 0 fully saturated rings. The molecule has 0 aliphatic heterocycles. The Bertz CT molecular complexity index is 1920. The lowest BCUT2D eigenvalue weighted by Crippen LogP contribution is -2.45. The van der Waals surface area contributed by atoms with Gasteiger partial charge in [0.15, 0.2) is 0 Å². The number of halogens is 1. The van der Waals surface area contributed by atoms with Crippen LogP contribution in [0.3, 0.4) is 0 Å². The Hall–Kier alpha value is -3.67. The summed E-state index contributed by atoms with van der Waals surface area (Å²) >= 11 is 6.19. The molecule has 9 nitrogen and oxygen atoms in total. The number of imidazole rings is 1. The number of sulfonamides is 1. The third kappa shape index (κ3) is 10.2. The third-order valence-corrected chi connectivity index (χ3v) is 11.5. The zero-order valence-electron chi connectivity index (χ0n) is 30.5. The van der Waals surface area contributed by atoms with Gasteiger partial charge in [-0.1, -0.05) is 55.8 Å². The van der Waals surface area contributed by atoms with Gasteiger partial charge in [0.2, 0.25) is 10.0 Å². The Kier molecular flexibility index (Phi) is 13.8. The quantitative estimate of drug-likeness (QED) is 0.0856. The first-order valence-corrected chi connectivity index (χ1v) is 19.7. The highest BCUT2D eigenvalue weighted by molar-refractivity contribution is 7.89. The van der Waals surface area contributed by atoms with Gasteiger partial charge in [-0.05, 0) is 113 Å². The summed E-state index contributed by atoms with van der Waals surface area (Å²) in [6.45, 7) is 11.6. The van der Waals surface area contributed by atoms with Gasteiger partial charge in [-0.2, -0.15) is 4.31 Å². The van der Waals surface area contributed by atoms with E-state index >= 15 is 0 Å². The van der Waals surface area contributed by atoms with Crippen molar-refractivity contribution in [3.8, 4) is 0 Å². The van der Waals surface area contributed by atoms with Gasteiger partial charge < -0.3 is 14.2 Å². The largest absolute Gasteiger partial charge is 0.380 e. The van der Waals surface area contributed by atoms with Crippen LogP contribution < -0.4 is 0 Å². The average Bonchev–Trinajstić information content (AvgIpc) is 3.44. The van der Waals surface area contributed by atoms with E-state index in [1.165, 1.54) is 5.56 Å². The van der Waals surface area contributed by atoms with E-state index < -0.39 is 10.0 Å². The number of aromatic nitrogens is 4. The summed E-state index contributed by atoms with van der Waals surface area (Å²) in [4.78, 5) is 16.0. The highest BCUT2D eigenvalue weighted by Crippen LogP contribution is 2.28. The summed E-state index contributed by atoms with van der Waals surface area (Å²) in [6, 6.07) is 23.0.